The third-order valence-electron chi connectivity index (χ3n) is 1.65. The van der Waals surface area contributed by atoms with Crippen molar-refractivity contribution in [2.75, 3.05) is 13.2 Å². The van der Waals surface area contributed by atoms with Crippen molar-refractivity contribution >= 4 is 5.78 Å². The summed E-state index contributed by atoms with van der Waals surface area (Å²) in [5.41, 5.74) is 0. The van der Waals surface area contributed by atoms with Gasteiger partial charge in [-0.2, -0.15) is 5.26 Å². The molecular weight excluding hydrogens is 142 g/mol. The second-order valence-corrected chi connectivity index (χ2v) is 2.43. The van der Waals surface area contributed by atoms with Gasteiger partial charge < -0.3 is 4.74 Å². The molecular formula is C8H9NO2. The van der Waals surface area contributed by atoms with E-state index in [4.69, 9.17) is 10.00 Å². The summed E-state index contributed by atoms with van der Waals surface area (Å²) in [4.78, 5) is 11.1. The standard InChI is InChI=1S/C8H9NO2/c9-4-1-2-8(10)7-3-5-11-6-7/h1-2,7H,3,5-6H2. The van der Waals surface area contributed by atoms with Gasteiger partial charge in [0.2, 0.25) is 0 Å². The number of nitrogens with zero attached hydrogens (tertiary/aromatic N) is 1. The second kappa shape index (κ2) is 3.89. The lowest BCUT2D eigenvalue weighted by Gasteiger charge is -1.98. The van der Waals surface area contributed by atoms with Crippen molar-refractivity contribution in [3.8, 4) is 6.07 Å². The van der Waals surface area contributed by atoms with E-state index in [0.29, 0.717) is 13.2 Å². The van der Waals surface area contributed by atoms with Crippen molar-refractivity contribution in [1.29, 1.82) is 5.26 Å². The summed E-state index contributed by atoms with van der Waals surface area (Å²) in [6.07, 6.45) is 3.31. The number of carbonyl (C=O) groups excluding carboxylic acids is 1. The van der Waals surface area contributed by atoms with Crippen LogP contribution < -0.4 is 0 Å². The number of rotatable bonds is 2. The van der Waals surface area contributed by atoms with Gasteiger partial charge in [-0.05, 0) is 12.5 Å². The smallest absolute Gasteiger partial charge is 0.161 e. The third-order valence-corrected chi connectivity index (χ3v) is 1.65. The Morgan fingerprint density at radius 2 is 2.55 bits per heavy atom. The molecule has 1 aliphatic heterocycles. The molecule has 0 radical (unpaired) electrons. The van der Waals surface area contributed by atoms with Gasteiger partial charge in [0.15, 0.2) is 5.78 Å². The summed E-state index contributed by atoms with van der Waals surface area (Å²) in [5.74, 6) is -0.0105. The number of nitriles is 1. The predicted octanol–water partition coefficient (Wildman–Crippen LogP) is 0.672. The molecule has 11 heavy (non-hydrogen) atoms. The van der Waals surface area contributed by atoms with Crippen LogP contribution in [0.1, 0.15) is 6.42 Å². The van der Waals surface area contributed by atoms with Gasteiger partial charge in [-0.25, -0.2) is 0 Å². The first-order valence-corrected chi connectivity index (χ1v) is 3.52. The molecule has 0 aromatic heterocycles. The number of hydrogen-bond donors (Lipinski definition) is 0. The summed E-state index contributed by atoms with van der Waals surface area (Å²) in [7, 11) is 0. The molecule has 1 fully saturated rings. The number of ether oxygens (including phenoxy) is 1. The molecule has 0 amide bonds. The van der Waals surface area contributed by atoms with Crippen LogP contribution >= 0.6 is 0 Å². The van der Waals surface area contributed by atoms with Crippen LogP contribution in [0, 0.1) is 17.2 Å². The summed E-state index contributed by atoms with van der Waals surface area (Å²) < 4.78 is 5.02. The van der Waals surface area contributed by atoms with Gasteiger partial charge in [-0.1, -0.05) is 0 Å². The van der Waals surface area contributed by atoms with Gasteiger partial charge in [0.05, 0.1) is 12.7 Å². The largest absolute Gasteiger partial charge is 0.381 e. The molecule has 0 aliphatic carbocycles. The minimum absolute atomic E-state index is 0.00375. The van der Waals surface area contributed by atoms with Crippen molar-refractivity contribution in [1.82, 2.24) is 0 Å². The summed E-state index contributed by atoms with van der Waals surface area (Å²) in [6.45, 7) is 1.17. The van der Waals surface area contributed by atoms with Crippen LogP contribution in [-0.2, 0) is 9.53 Å². The van der Waals surface area contributed by atoms with E-state index in [0.717, 1.165) is 6.42 Å². The van der Waals surface area contributed by atoms with Gasteiger partial charge in [0.25, 0.3) is 0 Å². The lowest BCUT2D eigenvalue weighted by molar-refractivity contribution is -0.118. The Kier molecular flexibility index (Phi) is 2.82. The molecule has 1 rings (SSSR count). The fraction of sp³-hybridized carbons (Fsp3) is 0.500. The van der Waals surface area contributed by atoms with Crippen molar-refractivity contribution < 1.29 is 9.53 Å². The number of carbonyl (C=O) groups is 1. The topological polar surface area (TPSA) is 50.1 Å². The molecule has 0 aromatic carbocycles. The molecule has 1 atom stereocenters. The minimum atomic E-state index is -0.0143. The first kappa shape index (κ1) is 7.96. The molecule has 1 heterocycles. The zero-order valence-corrected chi connectivity index (χ0v) is 6.12. The van der Waals surface area contributed by atoms with Crippen molar-refractivity contribution in [3.63, 3.8) is 0 Å². The maximum Gasteiger partial charge on any atom is 0.161 e. The number of hydrogen-bond acceptors (Lipinski definition) is 3. The average molecular weight is 151 g/mol. The fourth-order valence-electron chi connectivity index (χ4n) is 1.01. The van der Waals surface area contributed by atoms with E-state index in [2.05, 4.69) is 0 Å². The van der Waals surface area contributed by atoms with E-state index >= 15 is 0 Å². The maximum atomic E-state index is 11.1. The Labute approximate surface area is 65.3 Å². The zero-order valence-electron chi connectivity index (χ0n) is 6.12. The van der Waals surface area contributed by atoms with Crippen LogP contribution in [0.2, 0.25) is 0 Å². The monoisotopic (exact) mass is 151 g/mol. The minimum Gasteiger partial charge on any atom is -0.381 e. The highest BCUT2D eigenvalue weighted by molar-refractivity contribution is 5.92. The molecule has 0 saturated carbocycles. The Balaban J connectivity index is 2.42. The molecule has 0 aromatic rings. The lowest BCUT2D eigenvalue weighted by atomic mass is 10.0. The molecule has 0 spiro atoms. The van der Waals surface area contributed by atoms with E-state index in [-0.39, 0.29) is 11.7 Å². The van der Waals surface area contributed by atoms with Crippen LogP contribution in [-0.4, -0.2) is 19.0 Å². The summed E-state index contributed by atoms with van der Waals surface area (Å²) in [5, 5.41) is 8.14. The SMILES string of the molecule is N#CC=CC(=O)C1CCOC1. The Morgan fingerprint density at radius 3 is 3.09 bits per heavy atom. The normalized spacial score (nSPS) is 23.7. The predicted molar refractivity (Wildman–Crippen MR) is 38.7 cm³/mol. The van der Waals surface area contributed by atoms with Crippen molar-refractivity contribution in [2.24, 2.45) is 5.92 Å². The van der Waals surface area contributed by atoms with E-state index < -0.39 is 0 Å². The molecule has 0 N–H and O–H groups in total. The highest BCUT2D eigenvalue weighted by Gasteiger charge is 2.20. The van der Waals surface area contributed by atoms with E-state index in [1.54, 1.807) is 6.07 Å². The summed E-state index contributed by atoms with van der Waals surface area (Å²) in [6, 6.07) is 1.78. The summed E-state index contributed by atoms with van der Waals surface area (Å²) >= 11 is 0. The molecule has 1 aliphatic rings. The number of ketones is 1. The molecule has 1 unspecified atom stereocenters. The Morgan fingerprint density at radius 1 is 1.73 bits per heavy atom. The van der Waals surface area contributed by atoms with Gasteiger partial charge in [-0.15, -0.1) is 0 Å². The molecule has 0 bridgehead atoms. The van der Waals surface area contributed by atoms with Gasteiger partial charge in [0.1, 0.15) is 0 Å². The zero-order chi connectivity index (χ0) is 8.10. The fourth-order valence-corrected chi connectivity index (χ4v) is 1.01. The first-order valence-electron chi connectivity index (χ1n) is 3.52. The number of allylic oxidation sites excluding steroid dienone is 2. The Bertz CT molecular complexity index is 209. The van der Waals surface area contributed by atoms with Gasteiger partial charge in [-0.3, -0.25) is 4.79 Å². The average Bonchev–Trinajstić information content (AvgIpc) is 2.52. The molecule has 58 valence electrons. The van der Waals surface area contributed by atoms with Crippen LogP contribution in [0.3, 0.4) is 0 Å². The molecule has 1 saturated heterocycles. The Hall–Kier alpha value is -1.14. The third kappa shape index (κ3) is 2.17. The van der Waals surface area contributed by atoms with Crippen molar-refractivity contribution in [2.45, 2.75) is 6.42 Å². The second-order valence-electron chi connectivity index (χ2n) is 2.43. The lowest BCUT2D eigenvalue weighted by Crippen LogP contribution is -2.10. The van der Waals surface area contributed by atoms with Gasteiger partial charge >= 0.3 is 0 Å². The maximum absolute atomic E-state index is 11.1. The van der Waals surface area contributed by atoms with E-state index in [1.807, 2.05) is 0 Å². The van der Waals surface area contributed by atoms with E-state index in [1.165, 1.54) is 12.2 Å². The van der Waals surface area contributed by atoms with Crippen molar-refractivity contribution in [3.05, 3.63) is 12.2 Å². The molecule has 3 nitrogen and oxygen atoms in total. The van der Waals surface area contributed by atoms with E-state index in [9.17, 15) is 4.79 Å². The van der Waals surface area contributed by atoms with Crippen LogP contribution in [0.4, 0.5) is 0 Å². The van der Waals surface area contributed by atoms with Gasteiger partial charge in [0, 0.05) is 18.6 Å². The highest BCUT2D eigenvalue weighted by atomic mass is 16.5. The highest BCUT2D eigenvalue weighted by Crippen LogP contribution is 2.13. The quantitative estimate of drug-likeness (QED) is 0.430. The first-order chi connectivity index (χ1) is 5.34. The van der Waals surface area contributed by atoms with Crippen LogP contribution in [0.5, 0.6) is 0 Å². The molecule has 3 heteroatoms. The van der Waals surface area contributed by atoms with Crippen LogP contribution in [0.15, 0.2) is 12.2 Å². The van der Waals surface area contributed by atoms with Crippen LogP contribution in [0.25, 0.3) is 0 Å².